The molecular formula is C14H26N2O. The molecule has 2 rings (SSSR count). The molecule has 2 unspecified atom stereocenters. The summed E-state index contributed by atoms with van der Waals surface area (Å²) in [5, 5.41) is 3.47. The molecule has 0 aromatic carbocycles. The zero-order valence-electron chi connectivity index (χ0n) is 11.2. The van der Waals surface area contributed by atoms with Crippen LogP contribution >= 0.6 is 0 Å². The van der Waals surface area contributed by atoms with Crippen LogP contribution in [0.25, 0.3) is 0 Å². The molecule has 17 heavy (non-hydrogen) atoms. The van der Waals surface area contributed by atoms with Crippen molar-refractivity contribution in [2.75, 3.05) is 19.6 Å². The Bertz CT molecular complexity index is 259. The van der Waals surface area contributed by atoms with Crippen molar-refractivity contribution in [2.45, 2.75) is 52.0 Å². The lowest BCUT2D eigenvalue weighted by atomic mass is 9.90. The topological polar surface area (TPSA) is 32.3 Å². The first-order valence-corrected chi connectivity index (χ1v) is 7.18. The van der Waals surface area contributed by atoms with Crippen molar-refractivity contribution in [1.82, 2.24) is 10.2 Å². The second-order valence-corrected chi connectivity index (χ2v) is 6.00. The van der Waals surface area contributed by atoms with E-state index in [0.717, 1.165) is 26.1 Å². The lowest BCUT2D eigenvalue weighted by molar-refractivity contribution is -0.133. The molecular weight excluding hydrogens is 212 g/mol. The van der Waals surface area contributed by atoms with E-state index < -0.39 is 0 Å². The van der Waals surface area contributed by atoms with Gasteiger partial charge in [-0.3, -0.25) is 4.79 Å². The molecule has 2 atom stereocenters. The largest absolute Gasteiger partial charge is 0.339 e. The number of rotatable bonds is 3. The summed E-state index contributed by atoms with van der Waals surface area (Å²) in [7, 11) is 0. The molecule has 2 saturated heterocycles. The van der Waals surface area contributed by atoms with Gasteiger partial charge in [0, 0.05) is 19.0 Å². The average molecular weight is 238 g/mol. The van der Waals surface area contributed by atoms with Crippen molar-refractivity contribution in [3.63, 3.8) is 0 Å². The Morgan fingerprint density at radius 2 is 2.18 bits per heavy atom. The van der Waals surface area contributed by atoms with Crippen LogP contribution in [0.3, 0.4) is 0 Å². The third kappa shape index (κ3) is 3.21. The van der Waals surface area contributed by atoms with E-state index in [1.807, 2.05) is 0 Å². The van der Waals surface area contributed by atoms with Crippen molar-refractivity contribution in [1.29, 1.82) is 0 Å². The van der Waals surface area contributed by atoms with Crippen molar-refractivity contribution >= 4 is 5.91 Å². The van der Waals surface area contributed by atoms with Crippen LogP contribution in [0.1, 0.15) is 46.0 Å². The summed E-state index contributed by atoms with van der Waals surface area (Å²) in [6, 6.07) is 0.522. The number of piperidine rings is 1. The second kappa shape index (κ2) is 5.85. The zero-order chi connectivity index (χ0) is 12.3. The molecule has 98 valence electrons. The second-order valence-electron chi connectivity index (χ2n) is 6.00. The van der Waals surface area contributed by atoms with Crippen molar-refractivity contribution < 1.29 is 4.79 Å². The lowest BCUT2D eigenvalue weighted by Crippen LogP contribution is -2.45. The molecule has 3 nitrogen and oxygen atoms in total. The molecule has 2 heterocycles. The third-order valence-corrected chi connectivity index (χ3v) is 4.08. The Kier molecular flexibility index (Phi) is 4.43. The summed E-state index contributed by atoms with van der Waals surface area (Å²) < 4.78 is 0. The molecule has 0 aromatic rings. The summed E-state index contributed by atoms with van der Waals surface area (Å²) in [6.07, 6.45) is 5.70. The van der Waals surface area contributed by atoms with Gasteiger partial charge in [-0.2, -0.15) is 0 Å². The van der Waals surface area contributed by atoms with Gasteiger partial charge in [0.15, 0.2) is 0 Å². The van der Waals surface area contributed by atoms with E-state index in [1.165, 1.54) is 25.7 Å². The number of hydrogen-bond donors (Lipinski definition) is 1. The molecule has 1 N–H and O–H groups in total. The van der Waals surface area contributed by atoms with E-state index in [4.69, 9.17) is 0 Å². The Morgan fingerprint density at radius 1 is 1.35 bits per heavy atom. The number of nitrogens with zero attached hydrogens (tertiary/aromatic N) is 1. The Morgan fingerprint density at radius 3 is 2.82 bits per heavy atom. The normalized spacial score (nSPS) is 29.9. The molecule has 0 aromatic heterocycles. The van der Waals surface area contributed by atoms with Gasteiger partial charge in [-0.05, 0) is 50.6 Å². The van der Waals surface area contributed by atoms with Crippen LogP contribution in [0.5, 0.6) is 0 Å². The van der Waals surface area contributed by atoms with E-state index in [-0.39, 0.29) is 0 Å². The van der Waals surface area contributed by atoms with Crippen LogP contribution in [0.2, 0.25) is 0 Å². The van der Waals surface area contributed by atoms with Crippen LogP contribution in [0, 0.1) is 11.8 Å². The fourth-order valence-corrected chi connectivity index (χ4v) is 3.27. The van der Waals surface area contributed by atoms with Gasteiger partial charge < -0.3 is 10.2 Å². The predicted molar refractivity (Wildman–Crippen MR) is 69.8 cm³/mol. The lowest BCUT2D eigenvalue weighted by Gasteiger charge is -2.34. The highest BCUT2D eigenvalue weighted by Gasteiger charge is 2.34. The van der Waals surface area contributed by atoms with E-state index in [1.54, 1.807) is 0 Å². The molecule has 0 bridgehead atoms. The van der Waals surface area contributed by atoms with Gasteiger partial charge >= 0.3 is 0 Å². The highest BCUT2D eigenvalue weighted by molar-refractivity contribution is 5.77. The molecule has 1 amide bonds. The fraction of sp³-hybridized carbons (Fsp3) is 0.929. The molecule has 2 aliphatic rings. The molecule has 0 spiro atoms. The van der Waals surface area contributed by atoms with Crippen LogP contribution in [0.4, 0.5) is 0 Å². The van der Waals surface area contributed by atoms with Crippen LogP contribution in [-0.2, 0) is 4.79 Å². The molecule has 3 heteroatoms. The van der Waals surface area contributed by atoms with E-state index in [2.05, 4.69) is 24.1 Å². The highest BCUT2D eigenvalue weighted by Crippen LogP contribution is 2.29. The number of carbonyl (C=O) groups is 1. The van der Waals surface area contributed by atoms with Gasteiger partial charge in [0.05, 0.1) is 0 Å². The quantitative estimate of drug-likeness (QED) is 0.816. The van der Waals surface area contributed by atoms with Gasteiger partial charge in [-0.1, -0.05) is 13.8 Å². The van der Waals surface area contributed by atoms with Crippen molar-refractivity contribution in [3.05, 3.63) is 0 Å². The van der Waals surface area contributed by atoms with E-state index >= 15 is 0 Å². The number of likely N-dealkylation sites (tertiary alicyclic amines) is 1. The van der Waals surface area contributed by atoms with Crippen molar-refractivity contribution in [3.8, 4) is 0 Å². The zero-order valence-corrected chi connectivity index (χ0v) is 11.2. The maximum absolute atomic E-state index is 12.2. The standard InChI is InChI=1S/C14H26N2O/c1-11(2)9-14(17)16-8-4-6-13(16)12-5-3-7-15-10-12/h11-13,15H,3-10H2,1-2H3. The average Bonchev–Trinajstić information content (AvgIpc) is 2.78. The van der Waals surface area contributed by atoms with Crippen molar-refractivity contribution in [2.24, 2.45) is 11.8 Å². The summed E-state index contributed by atoms with van der Waals surface area (Å²) in [6.45, 7) is 7.52. The Balaban J connectivity index is 1.93. The molecule has 2 fully saturated rings. The number of nitrogens with one attached hydrogen (secondary N) is 1. The minimum atomic E-state index is 0.382. The van der Waals surface area contributed by atoms with E-state index in [0.29, 0.717) is 23.8 Å². The Labute approximate surface area is 105 Å². The highest BCUT2D eigenvalue weighted by atomic mass is 16.2. The maximum atomic E-state index is 12.2. The van der Waals surface area contributed by atoms with Gasteiger partial charge in [-0.15, -0.1) is 0 Å². The van der Waals surface area contributed by atoms with E-state index in [9.17, 15) is 4.79 Å². The minimum Gasteiger partial charge on any atom is -0.339 e. The first-order valence-electron chi connectivity index (χ1n) is 7.18. The van der Waals surface area contributed by atoms with Gasteiger partial charge in [0.2, 0.25) is 5.91 Å². The SMILES string of the molecule is CC(C)CC(=O)N1CCCC1C1CCCNC1. The fourth-order valence-electron chi connectivity index (χ4n) is 3.27. The summed E-state index contributed by atoms with van der Waals surface area (Å²) in [5.74, 6) is 1.56. The molecule has 0 aliphatic carbocycles. The first kappa shape index (κ1) is 12.9. The molecule has 0 saturated carbocycles. The summed E-state index contributed by atoms with van der Waals surface area (Å²) in [4.78, 5) is 14.4. The number of amides is 1. The monoisotopic (exact) mass is 238 g/mol. The summed E-state index contributed by atoms with van der Waals surface area (Å²) >= 11 is 0. The predicted octanol–water partition coefficient (Wildman–Crippen LogP) is 2.02. The number of hydrogen-bond acceptors (Lipinski definition) is 2. The summed E-state index contributed by atoms with van der Waals surface area (Å²) in [5.41, 5.74) is 0. The van der Waals surface area contributed by atoms with Gasteiger partial charge in [-0.25, -0.2) is 0 Å². The maximum Gasteiger partial charge on any atom is 0.223 e. The number of carbonyl (C=O) groups excluding carboxylic acids is 1. The first-order chi connectivity index (χ1) is 8.18. The molecule has 2 aliphatic heterocycles. The van der Waals surface area contributed by atoms with Crippen LogP contribution in [0.15, 0.2) is 0 Å². The Hall–Kier alpha value is -0.570. The van der Waals surface area contributed by atoms with Gasteiger partial charge in [0.25, 0.3) is 0 Å². The van der Waals surface area contributed by atoms with Crippen LogP contribution < -0.4 is 5.32 Å². The smallest absolute Gasteiger partial charge is 0.223 e. The van der Waals surface area contributed by atoms with Gasteiger partial charge in [0.1, 0.15) is 0 Å². The molecule has 0 radical (unpaired) electrons. The minimum absolute atomic E-state index is 0.382. The third-order valence-electron chi connectivity index (χ3n) is 4.08. The van der Waals surface area contributed by atoms with Crippen LogP contribution in [-0.4, -0.2) is 36.5 Å².